The molecule has 0 aliphatic carbocycles. The molecule has 2 aromatic carbocycles. The van der Waals surface area contributed by atoms with Crippen LogP contribution in [-0.2, 0) is 84.8 Å². The summed E-state index contributed by atoms with van der Waals surface area (Å²) in [4.78, 5) is 218. The maximum Gasteiger partial charge on any atom is 0.326 e. The molecule has 6 fully saturated rings. The van der Waals surface area contributed by atoms with E-state index in [1.165, 1.54) is 72.7 Å². The van der Waals surface area contributed by atoms with Gasteiger partial charge in [-0.3, -0.25) is 67.1 Å². The van der Waals surface area contributed by atoms with Crippen LogP contribution in [0.5, 0.6) is 11.5 Å². The van der Waals surface area contributed by atoms with E-state index in [9.17, 15) is 97.5 Å². The fourth-order valence-electron chi connectivity index (χ4n) is 15.5. The topological polar surface area (TPSA) is 499 Å². The Bertz CT molecular complexity index is 3750. The number of carbonyl (C=O) groups is 15. The molecule has 6 heterocycles. The summed E-state index contributed by atoms with van der Waals surface area (Å²) < 4.78 is 0. The minimum atomic E-state index is -1.76. The van der Waals surface area contributed by atoms with Crippen molar-refractivity contribution in [2.75, 3.05) is 63.9 Å². The Kier molecular flexibility index (Phi) is 32.2. The molecule has 112 heavy (non-hydrogen) atoms. The van der Waals surface area contributed by atoms with Crippen LogP contribution in [0, 0.1) is 11.8 Å². The Morgan fingerprint density at radius 1 is 0.455 bits per heavy atom. The normalized spacial score (nSPS) is 22.3. The highest BCUT2D eigenvalue weighted by atomic mass is 32.1. The van der Waals surface area contributed by atoms with Gasteiger partial charge in [0.1, 0.15) is 90.0 Å². The first-order valence-corrected chi connectivity index (χ1v) is 39.8. The van der Waals surface area contributed by atoms with Crippen molar-refractivity contribution in [2.24, 2.45) is 17.6 Å². The van der Waals surface area contributed by atoms with Gasteiger partial charge in [-0.2, -0.15) is 25.3 Å². The third kappa shape index (κ3) is 22.3. The van der Waals surface area contributed by atoms with Crippen molar-refractivity contribution in [1.29, 1.82) is 0 Å². The molecule has 16 atom stereocenters. The fourth-order valence-corrected chi connectivity index (χ4v) is 16.0. The van der Waals surface area contributed by atoms with Crippen molar-refractivity contribution in [2.45, 2.75) is 228 Å². The van der Waals surface area contributed by atoms with E-state index in [1.807, 2.05) is 13.8 Å². The molecule has 616 valence electrons. The number of carboxylic acids is 1. The molecule has 35 nitrogen and oxygen atoms in total. The SMILES string of the molecule is CC[C@H](C)[C@H](NC(=O)[C@H](CO)NC(=O)[C@H](CS)NC(=O)[C@@H]1CCCN1C(=O)[C@H](CS)NC(=O)[C@H](Cc1ccc(O)cc1)NC(=O)[C@@H](NC(=O)[C@@H]1CCCN1C(=O)[C@@H]1CCCN1C(=O)[C@@H]1CCCN1C(=O)[C@H](CC(C)C)NC(=O)[C@@H]1CCCN1C(=O)CNC(=O)[C@@H]1CCCN1C(=O)[C@@H](N)Cc1ccc(O)cc1)[C@@H](C)O)C(=O)O. The molecule has 14 amide bonds. The van der Waals surface area contributed by atoms with Crippen LogP contribution in [0.2, 0.25) is 0 Å². The number of carboxylic acid groups (broad SMARTS) is 1. The zero-order valence-corrected chi connectivity index (χ0v) is 65.6. The Labute approximate surface area is 660 Å². The lowest BCUT2D eigenvalue weighted by Gasteiger charge is -2.35. The van der Waals surface area contributed by atoms with Gasteiger partial charge in [-0.05, 0) is 144 Å². The molecule has 0 spiro atoms. The van der Waals surface area contributed by atoms with Crippen LogP contribution in [0.3, 0.4) is 0 Å². The number of thiol groups is 2. The highest BCUT2D eigenvalue weighted by molar-refractivity contribution is 7.80. The van der Waals surface area contributed by atoms with Gasteiger partial charge in [-0.1, -0.05) is 58.4 Å². The van der Waals surface area contributed by atoms with Gasteiger partial charge < -0.3 is 103 Å². The third-order valence-electron chi connectivity index (χ3n) is 21.8. The minimum Gasteiger partial charge on any atom is -0.508 e. The summed E-state index contributed by atoms with van der Waals surface area (Å²) in [5, 5.41) is 71.1. The summed E-state index contributed by atoms with van der Waals surface area (Å²) in [6.45, 7) is 7.74. The number of benzene rings is 2. The van der Waals surface area contributed by atoms with Gasteiger partial charge in [0.15, 0.2) is 0 Å². The predicted octanol–water partition coefficient (Wildman–Crippen LogP) is -2.92. The Morgan fingerprint density at radius 3 is 1.35 bits per heavy atom. The van der Waals surface area contributed by atoms with E-state index in [0.717, 1.165) is 5.56 Å². The van der Waals surface area contributed by atoms with Gasteiger partial charge in [0.2, 0.25) is 82.7 Å². The van der Waals surface area contributed by atoms with E-state index in [0.29, 0.717) is 56.9 Å². The number of carbonyl (C=O) groups excluding carboxylic acids is 14. The van der Waals surface area contributed by atoms with Crippen molar-refractivity contribution >= 4 is 114 Å². The van der Waals surface area contributed by atoms with Crippen LogP contribution in [0.4, 0.5) is 0 Å². The zero-order valence-electron chi connectivity index (χ0n) is 63.8. The maximum atomic E-state index is 14.9. The molecule has 37 heteroatoms. The van der Waals surface area contributed by atoms with Crippen LogP contribution in [0.25, 0.3) is 0 Å². The standard InChI is InChI=1S/C75H109N15O20S2/c1-6-41(4)60(75(109)110)83-63(97)50(37-91)80-64(98)51(38-111)81-67(101)55-15-9-29-87(55)72(106)52(39-112)82-62(96)48(35-44-21-25-46(94)26-22-44)78-69(103)61(42(5)92)84-68(102)56-16-10-30-88(56)73(107)58-18-12-32-90(58)74(108)57-17-11-31-89(57)71(105)49(33-40(2)3)79-66(100)54-14-7-27-85(54)59(95)36-77-65(99)53-13-8-28-86(53)70(104)47(76)34-43-19-23-45(93)24-20-43/h19-26,40-42,47-58,60-61,91-94,111-112H,6-18,27-39,76H2,1-5H3,(H,77,99)(H,78,103)(H,79,100)(H,80,98)(H,81,101)(H,82,96)(H,83,97)(H,84,102)(H,109,110)/t41-,42+,47-,48-,49-,50-,51-,52-,53-,54-,55-,56-,57-,58-,60-,61-/m0/s1. The molecule has 0 saturated carbocycles. The Balaban J connectivity index is 0.866. The molecule has 0 radical (unpaired) electrons. The van der Waals surface area contributed by atoms with E-state index < -0.39 is 198 Å². The van der Waals surface area contributed by atoms with Crippen molar-refractivity contribution in [3.63, 3.8) is 0 Å². The van der Waals surface area contributed by atoms with Gasteiger partial charge >= 0.3 is 5.97 Å². The first kappa shape index (κ1) is 88.2. The molecule has 15 N–H and O–H groups in total. The maximum absolute atomic E-state index is 14.9. The first-order chi connectivity index (χ1) is 53.3. The van der Waals surface area contributed by atoms with E-state index in [2.05, 4.69) is 67.8 Å². The predicted molar refractivity (Wildman–Crippen MR) is 410 cm³/mol. The molecule has 0 unspecified atom stereocenters. The summed E-state index contributed by atoms with van der Waals surface area (Å²) in [6, 6.07) is -5.73. The van der Waals surface area contributed by atoms with Gasteiger partial charge in [0.05, 0.1) is 25.3 Å². The average molecular weight is 1600 g/mol. The lowest BCUT2D eigenvalue weighted by Crippen LogP contribution is -2.62. The number of nitrogens with one attached hydrogen (secondary N) is 8. The number of aromatic hydroxyl groups is 2. The van der Waals surface area contributed by atoms with Crippen LogP contribution in [0.1, 0.15) is 136 Å². The summed E-state index contributed by atoms with van der Waals surface area (Å²) in [7, 11) is 0. The monoisotopic (exact) mass is 1600 g/mol. The minimum absolute atomic E-state index is 0.0116. The molecule has 8 rings (SSSR count). The summed E-state index contributed by atoms with van der Waals surface area (Å²) >= 11 is 8.56. The molecule has 6 saturated heterocycles. The second kappa shape index (κ2) is 40.9. The number of likely N-dealkylation sites (tertiary alicyclic amines) is 6. The van der Waals surface area contributed by atoms with Gasteiger partial charge in [-0.25, -0.2) is 4.79 Å². The molecule has 0 bridgehead atoms. The number of phenols is 2. The molecule has 0 aromatic heterocycles. The number of amides is 14. The summed E-state index contributed by atoms with van der Waals surface area (Å²) in [5.41, 5.74) is 7.41. The lowest BCUT2D eigenvalue weighted by molar-refractivity contribution is -0.151. The van der Waals surface area contributed by atoms with Crippen molar-refractivity contribution in [3.05, 3.63) is 59.7 Å². The number of aliphatic hydroxyl groups excluding tert-OH is 2. The van der Waals surface area contributed by atoms with Gasteiger partial charge in [0, 0.05) is 57.2 Å². The lowest BCUT2D eigenvalue weighted by atomic mass is 9.99. The Hall–Kier alpha value is -9.33. The van der Waals surface area contributed by atoms with E-state index in [-0.39, 0.29) is 120 Å². The second-order valence-corrected chi connectivity index (χ2v) is 30.9. The second-order valence-electron chi connectivity index (χ2n) is 30.2. The van der Waals surface area contributed by atoms with Gasteiger partial charge in [0.25, 0.3) is 0 Å². The number of aliphatic hydroxyl groups is 2. The molecule has 2 aromatic rings. The number of rotatable bonds is 35. The number of hydrogen-bond donors (Lipinski definition) is 16. The fraction of sp³-hybridized carbons (Fsp3) is 0.640. The van der Waals surface area contributed by atoms with E-state index >= 15 is 0 Å². The third-order valence-corrected chi connectivity index (χ3v) is 22.5. The number of nitrogens with two attached hydrogens (primary N) is 1. The van der Waals surface area contributed by atoms with Crippen LogP contribution in [0.15, 0.2) is 48.5 Å². The van der Waals surface area contributed by atoms with Crippen molar-refractivity contribution in [1.82, 2.24) is 71.9 Å². The number of nitrogens with zero attached hydrogens (tertiary/aromatic N) is 6. The van der Waals surface area contributed by atoms with E-state index in [1.54, 1.807) is 26.0 Å². The largest absolute Gasteiger partial charge is 0.508 e. The van der Waals surface area contributed by atoms with E-state index in [4.69, 9.17) is 5.73 Å². The zero-order chi connectivity index (χ0) is 81.9. The number of aliphatic carboxylic acids is 1. The highest BCUT2D eigenvalue weighted by Crippen LogP contribution is 2.31. The molecular weight excluding hydrogens is 1500 g/mol. The molecular formula is C75H109N15O20S2. The van der Waals surface area contributed by atoms with Crippen LogP contribution < -0.4 is 48.3 Å². The van der Waals surface area contributed by atoms with Crippen molar-refractivity contribution in [3.8, 4) is 11.5 Å². The quantitative estimate of drug-likeness (QED) is 0.0307. The molecule has 6 aliphatic heterocycles. The number of hydrogen-bond acceptors (Lipinski definition) is 22. The average Bonchev–Trinajstić information content (AvgIpc) is 1.63. The molecule has 6 aliphatic rings. The van der Waals surface area contributed by atoms with Gasteiger partial charge in [-0.15, -0.1) is 0 Å². The first-order valence-electron chi connectivity index (χ1n) is 38.6. The smallest absolute Gasteiger partial charge is 0.326 e. The van der Waals surface area contributed by atoms with Crippen LogP contribution >= 0.6 is 25.3 Å². The Morgan fingerprint density at radius 2 is 0.848 bits per heavy atom. The summed E-state index contributed by atoms with van der Waals surface area (Å²) in [6.07, 6.45) is 2.54. The highest BCUT2D eigenvalue weighted by Gasteiger charge is 2.49. The number of phenolic OH excluding ortho intramolecular Hbond substituents is 2. The van der Waals surface area contributed by atoms with Crippen molar-refractivity contribution < 1.29 is 97.5 Å². The summed E-state index contributed by atoms with van der Waals surface area (Å²) in [5.74, 6) is -12.8. The van der Waals surface area contributed by atoms with Crippen LogP contribution in [-0.4, -0.2) is 298 Å².